The van der Waals surface area contributed by atoms with Crippen LogP contribution in [0.1, 0.15) is 23.2 Å². The van der Waals surface area contributed by atoms with Crippen molar-refractivity contribution in [3.63, 3.8) is 0 Å². The Morgan fingerprint density at radius 1 is 1.33 bits per heavy atom. The highest BCUT2D eigenvalue weighted by molar-refractivity contribution is 7.19. The monoisotopic (exact) mass is 382 g/mol. The number of aliphatic hydroxyl groups excluding tert-OH is 1. The summed E-state index contributed by atoms with van der Waals surface area (Å²) < 4.78 is 18.6. The van der Waals surface area contributed by atoms with Gasteiger partial charge < -0.3 is 9.84 Å². The largest absolute Gasteiger partial charge is 0.491 e. The van der Waals surface area contributed by atoms with Crippen molar-refractivity contribution < 1.29 is 14.2 Å². The fourth-order valence-electron chi connectivity index (χ4n) is 2.27. The molecule has 0 amide bonds. The second kappa shape index (κ2) is 9.26. The summed E-state index contributed by atoms with van der Waals surface area (Å²) in [5.41, 5.74) is 2.77. The molecule has 0 radical (unpaired) electrons. The zero-order valence-electron chi connectivity index (χ0n) is 14.9. The van der Waals surface area contributed by atoms with E-state index >= 15 is 0 Å². The maximum Gasteiger partial charge on any atom is 0.121 e. The maximum absolute atomic E-state index is 12.3. The number of allylic oxidation sites excluding steroid dienone is 1. The molecule has 0 aliphatic carbocycles. The fraction of sp³-hybridized carbons (Fsp3) is 0.238. The van der Waals surface area contributed by atoms with Gasteiger partial charge in [0, 0.05) is 17.5 Å². The zero-order chi connectivity index (χ0) is 19.1. The van der Waals surface area contributed by atoms with E-state index in [4.69, 9.17) is 4.74 Å². The Balaban J connectivity index is 1.66. The lowest BCUT2D eigenvalue weighted by Crippen LogP contribution is -2.19. The van der Waals surface area contributed by atoms with E-state index in [1.54, 1.807) is 18.3 Å². The Bertz CT molecular complexity index is 987. The molecule has 3 aromatic rings. The average molecular weight is 382 g/mol. The molecule has 4 nitrogen and oxygen atoms in total. The molecule has 0 saturated carbocycles. The highest BCUT2D eigenvalue weighted by Crippen LogP contribution is 2.27. The number of ether oxygens (including phenoxy) is 1. The van der Waals surface area contributed by atoms with Gasteiger partial charge in [-0.05, 0) is 48.9 Å². The number of nitrogens with zero attached hydrogens (tertiary/aromatic N) is 2. The Morgan fingerprint density at radius 3 is 2.96 bits per heavy atom. The molecule has 0 aliphatic rings. The number of pyridine rings is 1. The van der Waals surface area contributed by atoms with E-state index in [1.165, 1.54) is 11.3 Å². The molecule has 0 spiro atoms. The molecule has 0 aliphatic heterocycles. The van der Waals surface area contributed by atoms with Crippen LogP contribution in [0.5, 0.6) is 5.75 Å². The molecule has 1 unspecified atom stereocenters. The first-order valence-corrected chi connectivity index (χ1v) is 9.40. The van der Waals surface area contributed by atoms with Crippen LogP contribution in [0.25, 0.3) is 16.3 Å². The number of aryl methyl sites for hydroxylation is 1. The van der Waals surface area contributed by atoms with Crippen LogP contribution in [0.3, 0.4) is 0 Å². The summed E-state index contributed by atoms with van der Waals surface area (Å²) in [5.74, 6) is 6.62. The van der Waals surface area contributed by atoms with Crippen LogP contribution in [0.15, 0.2) is 42.6 Å². The number of rotatable bonds is 6. The van der Waals surface area contributed by atoms with Crippen LogP contribution in [0, 0.1) is 11.8 Å². The van der Waals surface area contributed by atoms with Crippen molar-refractivity contribution >= 4 is 27.6 Å². The summed E-state index contributed by atoms with van der Waals surface area (Å²) in [6.45, 7) is 1.17. The van der Waals surface area contributed by atoms with Crippen molar-refractivity contribution in [2.24, 2.45) is 0 Å². The number of thiazole rings is 1. The van der Waals surface area contributed by atoms with Gasteiger partial charge in [0.15, 0.2) is 0 Å². The van der Waals surface area contributed by atoms with Gasteiger partial charge in [-0.1, -0.05) is 18.8 Å². The lowest BCUT2D eigenvalue weighted by Gasteiger charge is -2.08. The van der Waals surface area contributed by atoms with E-state index in [0.29, 0.717) is 5.75 Å². The third-order valence-corrected chi connectivity index (χ3v) is 4.69. The number of fused-ring (bicyclic) bond motifs is 1. The summed E-state index contributed by atoms with van der Waals surface area (Å²) in [6.07, 6.45) is 5.21. The first kappa shape index (κ1) is 19.0. The molecule has 27 heavy (non-hydrogen) atoms. The second-order valence-electron chi connectivity index (χ2n) is 5.80. The molecule has 0 bridgehead atoms. The van der Waals surface area contributed by atoms with Gasteiger partial charge in [-0.3, -0.25) is 4.98 Å². The summed E-state index contributed by atoms with van der Waals surface area (Å²) in [6, 6.07) is 9.38. The Labute approximate surface area is 161 Å². The number of benzene rings is 1. The van der Waals surface area contributed by atoms with Crippen molar-refractivity contribution in [2.45, 2.75) is 19.4 Å². The lowest BCUT2D eigenvalue weighted by atomic mass is 10.2. The number of aromatic nitrogens is 2. The molecule has 6 heteroatoms. The number of aliphatic hydroxyl groups is 1. The predicted molar refractivity (Wildman–Crippen MR) is 107 cm³/mol. The van der Waals surface area contributed by atoms with Crippen molar-refractivity contribution in [3.05, 3.63) is 58.9 Å². The number of hydrogen-bond acceptors (Lipinski definition) is 5. The van der Waals surface area contributed by atoms with Gasteiger partial charge in [0.2, 0.25) is 0 Å². The summed E-state index contributed by atoms with van der Waals surface area (Å²) in [7, 11) is 0. The van der Waals surface area contributed by atoms with E-state index in [2.05, 4.69) is 28.7 Å². The highest BCUT2D eigenvalue weighted by atomic mass is 32.1. The van der Waals surface area contributed by atoms with Gasteiger partial charge >= 0.3 is 0 Å². The minimum atomic E-state index is -1.10. The minimum absolute atomic E-state index is 0.0722. The van der Waals surface area contributed by atoms with Gasteiger partial charge in [-0.25, -0.2) is 9.37 Å². The van der Waals surface area contributed by atoms with E-state index in [-0.39, 0.29) is 6.61 Å². The summed E-state index contributed by atoms with van der Waals surface area (Å²) in [4.78, 5) is 8.84. The lowest BCUT2D eigenvalue weighted by molar-refractivity contribution is 0.0842. The molecule has 3 rings (SSSR count). The van der Waals surface area contributed by atoms with Crippen LogP contribution in [0.2, 0.25) is 0 Å². The first-order valence-electron chi connectivity index (χ1n) is 8.58. The number of halogens is 1. The molecule has 138 valence electrons. The fourth-order valence-corrected chi connectivity index (χ4v) is 3.17. The van der Waals surface area contributed by atoms with Crippen LogP contribution in [-0.2, 0) is 6.42 Å². The molecule has 0 saturated heterocycles. The maximum atomic E-state index is 12.3. The smallest absolute Gasteiger partial charge is 0.121 e. The molecular weight excluding hydrogens is 363 g/mol. The number of hydrogen-bond donors (Lipinski definition) is 1. The van der Waals surface area contributed by atoms with E-state index in [0.717, 1.165) is 32.9 Å². The standard InChI is InChI=1S/C21H19FN2O2S/c1-2-16-8-7-15(13-23-16)5-3-4-6-21-24-19-10-9-18(11-20(19)27-21)26-14-17(25)12-22/h4,6-11,13,17,25H,2,12,14H2,1H3/b6-4+. The third kappa shape index (κ3) is 5.36. The van der Waals surface area contributed by atoms with E-state index in [9.17, 15) is 9.50 Å². The number of alkyl halides is 1. The first-order chi connectivity index (χ1) is 13.2. The van der Waals surface area contributed by atoms with Crippen LogP contribution in [-0.4, -0.2) is 34.5 Å². The van der Waals surface area contributed by atoms with Gasteiger partial charge in [-0.2, -0.15) is 0 Å². The van der Waals surface area contributed by atoms with Gasteiger partial charge in [0.05, 0.1) is 10.2 Å². The normalized spacial score (nSPS) is 12.1. The van der Waals surface area contributed by atoms with Gasteiger partial charge in [0.25, 0.3) is 0 Å². The molecule has 2 heterocycles. The van der Waals surface area contributed by atoms with Crippen LogP contribution < -0.4 is 4.74 Å². The predicted octanol–water partition coefficient (Wildman–Crippen LogP) is 4.03. The summed E-state index contributed by atoms with van der Waals surface area (Å²) in [5, 5.41) is 10.1. The second-order valence-corrected chi connectivity index (χ2v) is 6.86. The Hall–Kier alpha value is -2.75. The Morgan fingerprint density at radius 2 is 2.22 bits per heavy atom. The summed E-state index contributed by atoms with van der Waals surface area (Å²) >= 11 is 1.51. The third-order valence-electron chi connectivity index (χ3n) is 3.71. The highest BCUT2D eigenvalue weighted by Gasteiger charge is 2.06. The van der Waals surface area contributed by atoms with Crippen LogP contribution in [0.4, 0.5) is 4.39 Å². The molecule has 1 aromatic carbocycles. The molecule has 1 atom stereocenters. The van der Waals surface area contributed by atoms with Crippen LogP contribution >= 0.6 is 11.3 Å². The van der Waals surface area contributed by atoms with Crippen molar-refractivity contribution in [3.8, 4) is 17.6 Å². The van der Waals surface area contributed by atoms with E-state index in [1.807, 2.05) is 30.3 Å². The zero-order valence-corrected chi connectivity index (χ0v) is 15.7. The molecule has 2 aromatic heterocycles. The van der Waals surface area contributed by atoms with Gasteiger partial charge in [-0.15, -0.1) is 11.3 Å². The minimum Gasteiger partial charge on any atom is -0.491 e. The topological polar surface area (TPSA) is 55.2 Å². The van der Waals surface area contributed by atoms with Crippen molar-refractivity contribution in [1.82, 2.24) is 9.97 Å². The Kier molecular flexibility index (Phi) is 6.53. The molecule has 0 fully saturated rings. The average Bonchev–Trinajstić information content (AvgIpc) is 3.11. The molecule has 1 N–H and O–H groups in total. The molecular formula is C21H19FN2O2S. The quantitative estimate of drug-likeness (QED) is 0.654. The van der Waals surface area contributed by atoms with Gasteiger partial charge in [0.1, 0.15) is 30.1 Å². The SMILES string of the molecule is CCc1ccc(C#C/C=C/c2nc3ccc(OCC(O)CF)cc3s2)cn1. The van der Waals surface area contributed by atoms with E-state index < -0.39 is 12.8 Å². The van der Waals surface area contributed by atoms with Crippen molar-refractivity contribution in [1.29, 1.82) is 0 Å². The van der Waals surface area contributed by atoms with Crippen molar-refractivity contribution in [2.75, 3.05) is 13.3 Å².